The number of amides is 1. The number of hydrogen-bond donors (Lipinski definition) is 2. The summed E-state index contributed by atoms with van der Waals surface area (Å²) in [7, 11) is 1.66. The SMILES string of the molecule is COc1ccc(C(CNC(=O)CN2CCOCC2)c2c[nH]c3ccccc23)cc1. The molecule has 0 radical (unpaired) electrons. The van der Waals surface area contributed by atoms with Gasteiger partial charge in [0.2, 0.25) is 5.91 Å². The lowest BCUT2D eigenvalue weighted by molar-refractivity contribution is -0.123. The van der Waals surface area contributed by atoms with E-state index < -0.39 is 0 Å². The van der Waals surface area contributed by atoms with E-state index in [2.05, 4.69) is 39.5 Å². The molecule has 1 aliphatic heterocycles. The average Bonchev–Trinajstić information content (AvgIpc) is 3.19. The van der Waals surface area contributed by atoms with E-state index in [9.17, 15) is 4.79 Å². The number of nitrogens with one attached hydrogen (secondary N) is 2. The summed E-state index contributed by atoms with van der Waals surface area (Å²) in [6.45, 7) is 3.94. The number of H-pyrrole nitrogens is 1. The summed E-state index contributed by atoms with van der Waals surface area (Å²) in [5, 5.41) is 4.32. The summed E-state index contributed by atoms with van der Waals surface area (Å²) < 4.78 is 10.7. The molecule has 3 aromatic rings. The molecule has 2 heterocycles. The molecule has 0 saturated carbocycles. The molecule has 0 aliphatic carbocycles. The number of morpholine rings is 1. The second-order valence-electron chi connectivity index (χ2n) is 7.31. The van der Waals surface area contributed by atoms with Crippen molar-refractivity contribution in [1.29, 1.82) is 0 Å². The average molecular weight is 393 g/mol. The zero-order valence-corrected chi connectivity index (χ0v) is 16.7. The van der Waals surface area contributed by atoms with E-state index >= 15 is 0 Å². The van der Waals surface area contributed by atoms with Gasteiger partial charge in [0.1, 0.15) is 5.75 Å². The molecule has 2 N–H and O–H groups in total. The molecule has 1 unspecified atom stereocenters. The molecule has 0 spiro atoms. The quantitative estimate of drug-likeness (QED) is 0.648. The van der Waals surface area contributed by atoms with E-state index in [1.807, 2.05) is 30.5 Å². The first-order chi connectivity index (χ1) is 14.2. The van der Waals surface area contributed by atoms with E-state index in [-0.39, 0.29) is 11.8 Å². The molecular formula is C23H27N3O3. The summed E-state index contributed by atoms with van der Waals surface area (Å²) in [6.07, 6.45) is 2.05. The fourth-order valence-electron chi connectivity index (χ4n) is 3.86. The molecule has 152 valence electrons. The fourth-order valence-corrected chi connectivity index (χ4v) is 3.86. The van der Waals surface area contributed by atoms with Gasteiger partial charge in [0.05, 0.1) is 26.9 Å². The van der Waals surface area contributed by atoms with Crippen molar-refractivity contribution in [1.82, 2.24) is 15.2 Å². The van der Waals surface area contributed by atoms with E-state index in [4.69, 9.17) is 9.47 Å². The van der Waals surface area contributed by atoms with E-state index in [1.54, 1.807) is 7.11 Å². The Morgan fingerprint density at radius 1 is 1.17 bits per heavy atom. The van der Waals surface area contributed by atoms with E-state index in [0.717, 1.165) is 29.9 Å². The third kappa shape index (κ3) is 4.60. The first-order valence-electron chi connectivity index (χ1n) is 10.0. The number of ether oxygens (including phenoxy) is 2. The maximum absolute atomic E-state index is 12.6. The molecule has 29 heavy (non-hydrogen) atoms. The molecular weight excluding hydrogens is 366 g/mol. The Labute approximate surface area is 170 Å². The molecule has 1 atom stereocenters. The van der Waals surface area contributed by atoms with Crippen LogP contribution in [0.4, 0.5) is 0 Å². The highest BCUT2D eigenvalue weighted by Gasteiger charge is 2.20. The van der Waals surface area contributed by atoms with Crippen LogP contribution in [0, 0.1) is 0 Å². The minimum absolute atomic E-state index is 0.0465. The minimum Gasteiger partial charge on any atom is -0.497 e. The lowest BCUT2D eigenvalue weighted by Gasteiger charge is -2.26. The van der Waals surface area contributed by atoms with Gasteiger partial charge in [0.15, 0.2) is 0 Å². The number of para-hydroxylation sites is 1. The number of methoxy groups -OCH3 is 1. The van der Waals surface area contributed by atoms with Gasteiger partial charge in [-0.3, -0.25) is 9.69 Å². The summed E-state index contributed by atoms with van der Waals surface area (Å²) >= 11 is 0. The number of carbonyl (C=O) groups is 1. The number of nitrogens with zero attached hydrogens (tertiary/aromatic N) is 1. The first-order valence-corrected chi connectivity index (χ1v) is 10.0. The van der Waals surface area contributed by atoms with Crippen molar-refractivity contribution in [2.45, 2.75) is 5.92 Å². The Balaban J connectivity index is 1.54. The van der Waals surface area contributed by atoms with Gasteiger partial charge >= 0.3 is 0 Å². The predicted octanol–water partition coefficient (Wildman–Crippen LogP) is 2.76. The lowest BCUT2D eigenvalue weighted by atomic mass is 9.90. The molecule has 1 fully saturated rings. The van der Waals surface area contributed by atoms with Crippen LogP contribution < -0.4 is 10.1 Å². The Bertz CT molecular complexity index is 945. The number of fused-ring (bicyclic) bond motifs is 1. The number of aromatic nitrogens is 1. The van der Waals surface area contributed by atoms with Gasteiger partial charge in [0.25, 0.3) is 0 Å². The number of aromatic amines is 1. The Hall–Kier alpha value is -2.83. The standard InChI is InChI=1S/C23H27N3O3/c1-28-18-8-6-17(7-9-18)20(21-15-24-22-5-3-2-4-19(21)22)14-25-23(27)16-26-10-12-29-13-11-26/h2-9,15,20,24H,10-14,16H2,1H3,(H,25,27). The van der Waals surface area contributed by atoms with Gasteiger partial charge in [-0.05, 0) is 29.3 Å². The highest BCUT2D eigenvalue weighted by atomic mass is 16.5. The Morgan fingerprint density at radius 3 is 2.69 bits per heavy atom. The molecule has 6 heteroatoms. The summed E-state index contributed by atoms with van der Waals surface area (Å²) in [5.41, 5.74) is 3.42. The molecule has 2 aromatic carbocycles. The summed E-state index contributed by atoms with van der Waals surface area (Å²) in [5.74, 6) is 0.915. The third-order valence-electron chi connectivity index (χ3n) is 5.49. The van der Waals surface area contributed by atoms with Crippen molar-refractivity contribution >= 4 is 16.8 Å². The van der Waals surface area contributed by atoms with Crippen molar-refractivity contribution in [2.75, 3.05) is 46.5 Å². The van der Waals surface area contributed by atoms with Crippen LogP contribution in [0.25, 0.3) is 10.9 Å². The van der Waals surface area contributed by atoms with Crippen LogP contribution >= 0.6 is 0 Å². The van der Waals surface area contributed by atoms with E-state index in [1.165, 1.54) is 10.9 Å². The number of hydrogen-bond acceptors (Lipinski definition) is 4. The minimum atomic E-state index is 0.0465. The summed E-state index contributed by atoms with van der Waals surface area (Å²) in [4.78, 5) is 18.0. The first kappa shape index (κ1) is 19.5. The second kappa shape index (κ2) is 9.11. The maximum Gasteiger partial charge on any atom is 0.234 e. The number of benzene rings is 2. The van der Waals surface area contributed by atoms with Crippen LogP contribution in [0.15, 0.2) is 54.7 Å². The second-order valence-corrected chi connectivity index (χ2v) is 7.31. The molecule has 1 saturated heterocycles. The van der Waals surface area contributed by atoms with Crippen LogP contribution in [-0.4, -0.2) is 62.3 Å². The van der Waals surface area contributed by atoms with Gasteiger partial charge in [-0.15, -0.1) is 0 Å². The van der Waals surface area contributed by atoms with Crippen LogP contribution in [-0.2, 0) is 9.53 Å². The molecule has 1 aromatic heterocycles. The van der Waals surface area contributed by atoms with Crippen molar-refractivity contribution in [3.8, 4) is 5.75 Å². The van der Waals surface area contributed by atoms with Crippen molar-refractivity contribution in [3.63, 3.8) is 0 Å². The zero-order chi connectivity index (χ0) is 20.1. The molecule has 1 amide bonds. The largest absolute Gasteiger partial charge is 0.497 e. The van der Waals surface area contributed by atoms with Crippen LogP contribution in [0.2, 0.25) is 0 Å². The Kier molecular flexibility index (Phi) is 6.12. The van der Waals surface area contributed by atoms with Crippen molar-refractivity contribution < 1.29 is 14.3 Å². The van der Waals surface area contributed by atoms with Crippen molar-refractivity contribution in [2.24, 2.45) is 0 Å². The molecule has 0 bridgehead atoms. The van der Waals surface area contributed by atoms with Gasteiger partial charge in [-0.1, -0.05) is 30.3 Å². The van der Waals surface area contributed by atoms with E-state index in [0.29, 0.717) is 26.3 Å². The molecule has 4 rings (SSSR count). The monoisotopic (exact) mass is 393 g/mol. The van der Waals surface area contributed by atoms with Crippen LogP contribution in [0.3, 0.4) is 0 Å². The zero-order valence-electron chi connectivity index (χ0n) is 16.7. The fraction of sp³-hybridized carbons (Fsp3) is 0.348. The van der Waals surface area contributed by atoms with Gasteiger partial charge < -0.3 is 19.8 Å². The third-order valence-corrected chi connectivity index (χ3v) is 5.49. The van der Waals surface area contributed by atoms with Crippen LogP contribution in [0.5, 0.6) is 5.75 Å². The molecule has 1 aliphatic rings. The van der Waals surface area contributed by atoms with Gasteiger partial charge in [-0.25, -0.2) is 0 Å². The van der Waals surface area contributed by atoms with Gasteiger partial charge in [0, 0.05) is 42.7 Å². The van der Waals surface area contributed by atoms with Gasteiger partial charge in [-0.2, -0.15) is 0 Å². The Morgan fingerprint density at radius 2 is 1.93 bits per heavy atom. The highest BCUT2D eigenvalue weighted by Crippen LogP contribution is 2.31. The normalized spacial score (nSPS) is 15.9. The number of rotatable bonds is 7. The summed E-state index contributed by atoms with van der Waals surface area (Å²) in [6, 6.07) is 16.3. The molecule has 6 nitrogen and oxygen atoms in total. The lowest BCUT2D eigenvalue weighted by Crippen LogP contribution is -2.43. The topological polar surface area (TPSA) is 66.6 Å². The van der Waals surface area contributed by atoms with Crippen LogP contribution in [0.1, 0.15) is 17.0 Å². The van der Waals surface area contributed by atoms with Crippen molar-refractivity contribution in [3.05, 3.63) is 65.9 Å². The number of carbonyl (C=O) groups excluding carboxylic acids is 1. The predicted molar refractivity (Wildman–Crippen MR) is 113 cm³/mol. The highest BCUT2D eigenvalue weighted by molar-refractivity contribution is 5.84. The maximum atomic E-state index is 12.6. The smallest absolute Gasteiger partial charge is 0.234 e.